The largest absolute Gasteiger partial charge is 0.353 e. The van der Waals surface area contributed by atoms with Gasteiger partial charge in [-0.15, -0.1) is 0 Å². The number of aryl methyl sites for hydroxylation is 1. The van der Waals surface area contributed by atoms with Crippen molar-refractivity contribution in [3.63, 3.8) is 0 Å². The van der Waals surface area contributed by atoms with Gasteiger partial charge in [-0.2, -0.15) is 0 Å². The Hall–Kier alpha value is -4.15. The Kier molecular flexibility index (Phi) is 8.32. The molecule has 3 atom stereocenters. The van der Waals surface area contributed by atoms with E-state index in [-0.39, 0.29) is 46.9 Å². The molecule has 2 aliphatic rings. The Bertz CT molecular complexity index is 1350. The quantitative estimate of drug-likeness (QED) is 0.334. The number of hydrogen-bond acceptors (Lipinski definition) is 6. The van der Waals surface area contributed by atoms with Crippen molar-refractivity contribution in [3.8, 4) is 0 Å². The minimum atomic E-state index is -1.76. The summed E-state index contributed by atoms with van der Waals surface area (Å²) in [6.07, 6.45) is 3.33. The summed E-state index contributed by atoms with van der Waals surface area (Å²) in [5.41, 5.74) is -0.587. The molecule has 0 bridgehead atoms. The van der Waals surface area contributed by atoms with Crippen molar-refractivity contribution in [1.29, 1.82) is 0 Å². The summed E-state index contributed by atoms with van der Waals surface area (Å²) in [7, 11) is 0. The maximum absolute atomic E-state index is 14.4. The van der Waals surface area contributed by atoms with Gasteiger partial charge in [0.1, 0.15) is 5.67 Å². The number of carbonyl (C=O) groups excluding carboxylic acids is 5. The Morgan fingerprint density at radius 3 is 2.48 bits per heavy atom. The van der Waals surface area contributed by atoms with E-state index < -0.39 is 41.1 Å². The summed E-state index contributed by atoms with van der Waals surface area (Å²) in [4.78, 5) is 68.6. The molecule has 1 aromatic carbocycles. The standard InChI is InChI=1S/C29H34FN5O5/c1-15-5-8-21(34-25(37)17-9-10-31-23(14-17)29(3,4)30)20(11-15)27(39)35-22(13-18-12-16(2)32-26(18)38)24(36)28(40)33-19-6-7-19/h5,8-11,14,16,18-19,22H,6-7,12-13H2,1-4H3,(H,32,38)(H,33,40)(H,34,37)(H,35,39)/t16?,18-,22-/m0/s1. The van der Waals surface area contributed by atoms with Gasteiger partial charge in [-0.05, 0) is 77.6 Å². The first-order valence-electron chi connectivity index (χ1n) is 13.3. The fraction of sp³-hybridized carbons (Fsp3) is 0.448. The van der Waals surface area contributed by atoms with Crippen LogP contribution >= 0.6 is 0 Å². The molecule has 1 aromatic heterocycles. The zero-order valence-electron chi connectivity index (χ0n) is 23.0. The van der Waals surface area contributed by atoms with Crippen LogP contribution in [-0.4, -0.2) is 52.5 Å². The number of aromatic nitrogens is 1. The van der Waals surface area contributed by atoms with E-state index in [0.717, 1.165) is 12.8 Å². The van der Waals surface area contributed by atoms with Gasteiger partial charge in [0.2, 0.25) is 11.7 Å². The molecule has 1 aliphatic heterocycles. The van der Waals surface area contributed by atoms with E-state index in [1.807, 2.05) is 6.92 Å². The molecule has 212 valence electrons. The van der Waals surface area contributed by atoms with Crippen molar-refractivity contribution >= 4 is 35.1 Å². The highest BCUT2D eigenvalue weighted by Crippen LogP contribution is 2.25. The van der Waals surface area contributed by atoms with Crippen LogP contribution in [0.1, 0.15) is 78.4 Å². The number of ketones is 1. The van der Waals surface area contributed by atoms with Crippen LogP contribution in [0, 0.1) is 12.8 Å². The average molecular weight is 552 g/mol. The van der Waals surface area contributed by atoms with E-state index in [4.69, 9.17) is 0 Å². The summed E-state index contributed by atoms with van der Waals surface area (Å²) in [6.45, 7) is 6.27. The van der Waals surface area contributed by atoms with Gasteiger partial charge in [-0.3, -0.25) is 29.0 Å². The number of nitrogens with zero attached hydrogens (tertiary/aromatic N) is 1. The van der Waals surface area contributed by atoms with Crippen LogP contribution in [0.15, 0.2) is 36.5 Å². The summed E-state index contributed by atoms with van der Waals surface area (Å²) < 4.78 is 14.4. The third-order valence-corrected chi connectivity index (χ3v) is 6.98. The van der Waals surface area contributed by atoms with Crippen molar-refractivity contribution in [2.45, 2.75) is 77.2 Å². The van der Waals surface area contributed by atoms with Gasteiger partial charge >= 0.3 is 0 Å². The van der Waals surface area contributed by atoms with Crippen molar-refractivity contribution < 1.29 is 28.4 Å². The Morgan fingerprint density at radius 2 is 1.85 bits per heavy atom. The predicted molar refractivity (Wildman–Crippen MR) is 145 cm³/mol. The van der Waals surface area contributed by atoms with Crippen LogP contribution in [-0.2, 0) is 20.1 Å². The predicted octanol–water partition coefficient (Wildman–Crippen LogP) is 2.71. The van der Waals surface area contributed by atoms with E-state index in [9.17, 15) is 28.4 Å². The second-order valence-electron chi connectivity index (χ2n) is 11.1. The molecule has 4 rings (SSSR count). The minimum absolute atomic E-state index is 0.0366. The SMILES string of the molecule is Cc1ccc(NC(=O)c2ccnc(C(C)(C)F)c2)c(C(=O)N[C@@H](C[C@@H]2CC(C)NC2=O)C(=O)C(=O)NC2CC2)c1. The number of benzene rings is 1. The monoisotopic (exact) mass is 551 g/mol. The number of rotatable bonds is 10. The van der Waals surface area contributed by atoms with Gasteiger partial charge < -0.3 is 21.3 Å². The molecule has 1 saturated heterocycles. The topological polar surface area (TPSA) is 146 Å². The van der Waals surface area contributed by atoms with E-state index in [2.05, 4.69) is 26.3 Å². The van der Waals surface area contributed by atoms with E-state index in [1.54, 1.807) is 25.1 Å². The number of Topliss-reactive ketones (excluding diaryl/α,β-unsaturated/α-hetero) is 1. The number of alkyl halides is 1. The molecule has 11 heteroatoms. The van der Waals surface area contributed by atoms with Gasteiger partial charge in [0.25, 0.3) is 17.7 Å². The highest BCUT2D eigenvalue weighted by molar-refractivity contribution is 6.38. The minimum Gasteiger partial charge on any atom is -0.353 e. The second-order valence-corrected chi connectivity index (χ2v) is 11.1. The van der Waals surface area contributed by atoms with E-state index in [0.29, 0.717) is 12.0 Å². The van der Waals surface area contributed by atoms with Gasteiger partial charge in [-0.25, -0.2) is 4.39 Å². The van der Waals surface area contributed by atoms with Crippen LogP contribution in [0.2, 0.25) is 0 Å². The Labute approximate surface area is 231 Å². The molecule has 2 fully saturated rings. The lowest BCUT2D eigenvalue weighted by Gasteiger charge is -2.21. The molecule has 4 N–H and O–H groups in total. The molecule has 4 amide bonds. The lowest BCUT2D eigenvalue weighted by molar-refractivity contribution is -0.139. The van der Waals surface area contributed by atoms with Crippen LogP contribution in [0.3, 0.4) is 0 Å². The lowest BCUT2D eigenvalue weighted by atomic mass is 9.93. The summed E-state index contributed by atoms with van der Waals surface area (Å²) in [5, 5.41) is 10.8. The number of carbonyl (C=O) groups is 5. The smallest absolute Gasteiger partial charge is 0.289 e. The number of anilines is 1. The lowest BCUT2D eigenvalue weighted by Crippen LogP contribution is -2.49. The van der Waals surface area contributed by atoms with Crippen molar-refractivity contribution in [1.82, 2.24) is 20.9 Å². The second kappa shape index (κ2) is 11.5. The molecule has 1 aliphatic carbocycles. The van der Waals surface area contributed by atoms with Gasteiger partial charge in [0.15, 0.2) is 0 Å². The van der Waals surface area contributed by atoms with Crippen molar-refractivity contribution in [3.05, 3.63) is 58.9 Å². The maximum Gasteiger partial charge on any atom is 0.289 e. The average Bonchev–Trinajstić information content (AvgIpc) is 3.65. The van der Waals surface area contributed by atoms with Crippen molar-refractivity contribution in [2.75, 3.05) is 5.32 Å². The zero-order chi connectivity index (χ0) is 29.2. The first kappa shape index (κ1) is 28.8. The highest BCUT2D eigenvalue weighted by Gasteiger charge is 2.38. The maximum atomic E-state index is 14.4. The van der Waals surface area contributed by atoms with Gasteiger partial charge in [-0.1, -0.05) is 11.6 Å². The van der Waals surface area contributed by atoms with E-state index in [1.165, 1.54) is 32.2 Å². The molecule has 40 heavy (non-hydrogen) atoms. The molecular weight excluding hydrogens is 517 g/mol. The number of halogens is 1. The zero-order valence-corrected chi connectivity index (χ0v) is 23.0. The fourth-order valence-electron chi connectivity index (χ4n) is 4.60. The van der Waals surface area contributed by atoms with Crippen LogP contribution in [0.5, 0.6) is 0 Å². The third-order valence-electron chi connectivity index (χ3n) is 6.98. The first-order chi connectivity index (χ1) is 18.8. The molecule has 1 saturated carbocycles. The molecule has 2 heterocycles. The Morgan fingerprint density at radius 1 is 1.12 bits per heavy atom. The van der Waals surface area contributed by atoms with Gasteiger partial charge in [0, 0.05) is 29.8 Å². The van der Waals surface area contributed by atoms with Crippen LogP contribution < -0.4 is 21.3 Å². The van der Waals surface area contributed by atoms with E-state index >= 15 is 0 Å². The van der Waals surface area contributed by atoms with Gasteiger partial charge in [0.05, 0.1) is 23.0 Å². The molecule has 0 spiro atoms. The number of hydrogen-bond donors (Lipinski definition) is 4. The number of pyridine rings is 1. The third kappa shape index (κ3) is 7.08. The molecule has 0 radical (unpaired) electrons. The number of amides is 4. The molecular formula is C29H34FN5O5. The van der Waals surface area contributed by atoms with Crippen LogP contribution in [0.25, 0.3) is 0 Å². The number of nitrogens with one attached hydrogen (secondary N) is 4. The first-order valence-corrected chi connectivity index (χ1v) is 13.3. The van der Waals surface area contributed by atoms with Crippen molar-refractivity contribution in [2.24, 2.45) is 5.92 Å². The fourth-order valence-corrected chi connectivity index (χ4v) is 4.60. The highest BCUT2D eigenvalue weighted by atomic mass is 19.1. The molecule has 2 aromatic rings. The van der Waals surface area contributed by atoms with Crippen LogP contribution in [0.4, 0.5) is 10.1 Å². The normalized spacial score (nSPS) is 19.4. The molecule has 10 nitrogen and oxygen atoms in total. The summed E-state index contributed by atoms with van der Waals surface area (Å²) >= 11 is 0. The molecule has 1 unspecified atom stereocenters. The Balaban J connectivity index is 1.56. The summed E-state index contributed by atoms with van der Waals surface area (Å²) in [5.74, 6) is -3.69. The summed E-state index contributed by atoms with van der Waals surface area (Å²) in [6, 6.07) is 6.17.